The minimum atomic E-state index is 0.000420. The number of aromatic hydroxyl groups is 1. The number of ether oxygens (including phenoxy) is 1. The Morgan fingerprint density at radius 3 is 2.79 bits per heavy atom. The van der Waals surface area contributed by atoms with Gasteiger partial charge in [-0.25, -0.2) is 0 Å². The molecule has 0 aliphatic carbocycles. The van der Waals surface area contributed by atoms with Gasteiger partial charge in [0, 0.05) is 16.5 Å². The maximum Gasteiger partial charge on any atom is 0.161 e. The van der Waals surface area contributed by atoms with Crippen molar-refractivity contribution >= 4 is 21.8 Å². The number of phenolic OH excluding ortho intramolecular Hbond substituents is 1. The molecule has 0 aliphatic rings. The number of benzene rings is 1. The van der Waals surface area contributed by atoms with Gasteiger partial charge >= 0.3 is 0 Å². The van der Waals surface area contributed by atoms with Crippen LogP contribution in [-0.2, 0) is 6.42 Å². The van der Waals surface area contributed by atoms with Crippen LogP contribution in [0.3, 0.4) is 0 Å². The summed E-state index contributed by atoms with van der Waals surface area (Å²) in [4.78, 5) is 0. The summed E-state index contributed by atoms with van der Waals surface area (Å²) in [6.45, 7) is 0. The van der Waals surface area contributed by atoms with Crippen LogP contribution < -0.4 is 10.5 Å². The van der Waals surface area contributed by atoms with E-state index in [4.69, 9.17) is 15.9 Å². The van der Waals surface area contributed by atoms with Crippen molar-refractivity contribution < 1.29 is 9.84 Å². The van der Waals surface area contributed by atoms with Crippen molar-refractivity contribution in [3.05, 3.63) is 22.2 Å². The second-order valence-corrected chi connectivity index (χ2v) is 3.73. The molecule has 1 aromatic rings. The summed E-state index contributed by atoms with van der Waals surface area (Å²) in [5, 5.41) is 16.8. The van der Waals surface area contributed by atoms with Crippen molar-refractivity contribution in [3.8, 4) is 11.5 Å². The number of nitrogens with one attached hydrogen (secondary N) is 1. The van der Waals surface area contributed by atoms with Crippen LogP contribution in [0.4, 0.5) is 0 Å². The molecule has 0 amide bonds. The van der Waals surface area contributed by atoms with Gasteiger partial charge in [0.05, 0.1) is 12.9 Å². The van der Waals surface area contributed by atoms with Gasteiger partial charge in [-0.15, -0.1) is 0 Å². The van der Waals surface area contributed by atoms with Gasteiger partial charge in [0.25, 0.3) is 0 Å². The van der Waals surface area contributed by atoms with E-state index in [9.17, 15) is 5.11 Å². The fourth-order valence-electron chi connectivity index (χ4n) is 1.12. The van der Waals surface area contributed by atoms with Crippen LogP contribution in [-0.4, -0.2) is 18.1 Å². The predicted octanol–water partition coefficient (Wildman–Crippen LogP) is 1.64. The zero-order chi connectivity index (χ0) is 10.7. The van der Waals surface area contributed by atoms with Gasteiger partial charge in [0.1, 0.15) is 0 Å². The van der Waals surface area contributed by atoms with E-state index in [0.29, 0.717) is 11.3 Å². The first-order chi connectivity index (χ1) is 6.54. The topological polar surface area (TPSA) is 79.3 Å². The molecule has 1 aromatic carbocycles. The Hall–Kier alpha value is -1.23. The molecule has 14 heavy (non-hydrogen) atoms. The van der Waals surface area contributed by atoms with E-state index in [-0.39, 0.29) is 18.0 Å². The van der Waals surface area contributed by atoms with Crippen molar-refractivity contribution in [2.24, 2.45) is 5.73 Å². The predicted molar refractivity (Wildman–Crippen MR) is 58.0 cm³/mol. The molecule has 76 valence electrons. The largest absolute Gasteiger partial charge is 0.504 e. The van der Waals surface area contributed by atoms with Crippen LogP contribution in [0.2, 0.25) is 0 Å². The summed E-state index contributed by atoms with van der Waals surface area (Å²) in [6, 6.07) is 3.36. The molecule has 0 atom stereocenters. The lowest BCUT2D eigenvalue weighted by molar-refractivity contribution is 0.371. The molecule has 0 unspecified atom stereocenters. The standard InChI is InChI=1S/C9H11BrN2O2/c1-14-7-4-6(10)2-5(9(7)13)3-8(11)12/h2,4,13H,3H2,1H3,(H3,11,12). The fraction of sp³-hybridized carbons (Fsp3) is 0.222. The minimum Gasteiger partial charge on any atom is -0.504 e. The summed E-state index contributed by atoms with van der Waals surface area (Å²) in [7, 11) is 1.47. The third kappa shape index (κ3) is 2.38. The van der Waals surface area contributed by atoms with Gasteiger partial charge in [-0.3, -0.25) is 5.41 Å². The molecule has 0 fully saturated rings. The molecular weight excluding hydrogens is 248 g/mol. The highest BCUT2D eigenvalue weighted by atomic mass is 79.9. The maximum absolute atomic E-state index is 9.66. The normalized spacial score (nSPS) is 9.86. The zero-order valence-electron chi connectivity index (χ0n) is 7.67. The smallest absolute Gasteiger partial charge is 0.161 e. The van der Waals surface area contributed by atoms with Crippen LogP contribution in [0, 0.1) is 5.41 Å². The van der Waals surface area contributed by atoms with Crippen molar-refractivity contribution in [1.82, 2.24) is 0 Å². The molecule has 0 bridgehead atoms. The number of nitrogens with two attached hydrogens (primary N) is 1. The molecule has 0 aliphatic heterocycles. The molecule has 4 N–H and O–H groups in total. The van der Waals surface area contributed by atoms with Gasteiger partial charge in [-0.2, -0.15) is 0 Å². The Bertz CT molecular complexity index is 366. The van der Waals surface area contributed by atoms with Crippen LogP contribution >= 0.6 is 15.9 Å². The molecule has 0 saturated carbocycles. The van der Waals surface area contributed by atoms with Crippen LogP contribution in [0.15, 0.2) is 16.6 Å². The van der Waals surface area contributed by atoms with Gasteiger partial charge in [0.2, 0.25) is 0 Å². The first kappa shape index (κ1) is 10.8. The Morgan fingerprint density at radius 1 is 1.64 bits per heavy atom. The highest BCUT2D eigenvalue weighted by molar-refractivity contribution is 9.10. The van der Waals surface area contributed by atoms with E-state index >= 15 is 0 Å². The lowest BCUT2D eigenvalue weighted by Gasteiger charge is -2.09. The second kappa shape index (κ2) is 4.32. The van der Waals surface area contributed by atoms with E-state index in [1.807, 2.05) is 0 Å². The third-order valence-electron chi connectivity index (χ3n) is 1.72. The second-order valence-electron chi connectivity index (χ2n) is 2.82. The number of halogens is 1. The monoisotopic (exact) mass is 258 g/mol. The van der Waals surface area contributed by atoms with Crippen molar-refractivity contribution in [3.63, 3.8) is 0 Å². The van der Waals surface area contributed by atoms with Gasteiger partial charge in [0.15, 0.2) is 11.5 Å². The Kier molecular flexibility index (Phi) is 3.35. The first-order valence-corrected chi connectivity index (χ1v) is 4.72. The van der Waals surface area contributed by atoms with Crippen LogP contribution in [0.5, 0.6) is 11.5 Å². The van der Waals surface area contributed by atoms with E-state index in [2.05, 4.69) is 15.9 Å². The highest BCUT2D eigenvalue weighted by Gasteiger charge is 2.10. The summed E-state index contributed by atoms with van der Waals surface area (Å²) in [5.74, 6) is 0.405. The van der Waals surface area contributed by atoms with E-state index < -0.39 is 0 Å². The Balaban J connectivity index is 3.15. The molecule has 5 heteroatoms. The van der Waals surface area contributed by atoms with Crippen molar-refractivity contribution in [2.75, 3.05) is 7.11 Å². The Morgan fingerprint density at radius 2 is 2.29 bits per heavy atom. The zero-order valence-corrected chi connectivity index (χ0v) is 9.26. The quantitative estimate of drug-likeness (QED) is 0.570. The van der Waals surface area contributed by atoms with Crippen molar-refractivity contribution in [2.45, 2.75) is 6.42 Å². The summed E-state index contributed by atoms with van der Waals surface area (Å²) < 4.78 is 5.74. The number of phenols is 1. The van der Waals surface area contributed by atoms with Crippen LogP contribution in [0.25, 0.3) is 0 Å². The average molecular weight is 259 g/mol. The third-order valence-corrected chi connectivity index (χ3v) is 2.18. The molecule has 0 spiro atoms. The summed E-state index contributed by atoms with van der Waals surface area (Å²) in [6.07, 6.45) is 0.210. The lowest BCUT2D eigenvalue weighted by Crippen LogP contribution is -2.12. The van der Waals surface area contributed by atoms with E-state index in [1.54, 1.807) is 12.1 Å². The number of amidine groups is 1. The van der Waals surface area contributed by atoms with Gasteiger partial charge < -0.3 is 15.6 Å². The Labute approximate surface area is 90.3 Å². The molecule has 4 nitrogen and oxygen atoms in total. The number of methoxy groups -OCH3 is 1. The molecule has 1 rings (SSSR count). The fourth-order valence-corrected chi connectivity index (χ4v) is 1.61. The SMILES string of the molecule is COc1cc(Br)cc(CC(=N)N)c1O. The van der Waals surface area contributed by atoms with Crippen molar-refractivity contribution in [1.29, 1.82) is 5.41 Å². The molecule has 0 saturated heterocycles. The molecule has 0 heterocycles. The number of hydrogen-bond acceptors (Lipinski definition) is 3. The van der Waals surface area contributed by atoms with Gasteiger partial charge in [-0.1, -0.05) is 15.9 Å². The summed E-state index contributed by atoms with van der Waals surface area (Å²) in [5.41, 5.74) is 5.82. The van der Waals surface area contributed by atoms with Crippen LogP contribution in [0.1, 0.15) is 5.56 Å². The average Bonchev–Trinajstić information content (AvgIpc) is 2.09. The first-order valence-electron chi connectivity index (χ1n) is 3.93. The highest BCUT2D eigenvalue weighted by Crippen LogP contribution is 2.33. The minimum absolute atomic E-state index is 0.000420. The van der Waals surface area contributed by atoms with E-state index in [1.165, 1.54) is 7.11 Å². The van der Waals surface area contributed by atoms with Gasteiger partial charge in [-0.05, 0) is 12.1 Å². The summed E-state index contributed by atoms with van der Waals surface area (Å²) >= 11 is 3.28. The number of rotatable bonds is 3. The molecular formula is C9H11BrN2O2. The van der Waals surface area contributed by atoms with E-state index in [0.717, 1.165) is 4.47 Å². The maximum atomic E-state index is 9.66. The number of hydrogen-bond donors (Lipinski definition) is 3. The molecule has 0 radical (unpaired) electrons. The lowest BCUT2D eigenvalue weighted by atomic mass is 10.1. The molecule has 0 aromatic heterocycles.